The van der Waals surface area contributed by atoms with E-state index in [1.54, 1.807) is 12.1 Å². The number of alkyl halides is 3. The number of aryl methyl sites for hydroxylation is 1. The van der Waals surface area contributed by atoms with Gasteiger partial charge in [0.2, 0.25) is 5.82 Å². The van der Waals surface area contributed by atoms with Gasteiger partial charge in [-0.05, 0) is 19.1 Å². The summed E-state index contributed by atoms with van der Waals surface area (Å²) < 4.78 is 39.8. The second-order valence-corrected chi connectivity index (χ2v) is 5.91. The predicted molar refractivity (Wildman–Crippen MR) is 89.5 cm³/mol. The van der Waals surface area contributed by atoms with Crippen molar-refractivity contribution in [2.75, 3.05) is 5.32 Å². The van der Waals surface area contributed by atoms with Crippen LogP contribution in [0.2, 0.25) is 0 Å². The zero-order chi connectivity index (χ0) is 19.8. The molecule has 3 rings (SSSR count). The summed E-state index contributed by atoms with van der Waals surface area (Å²) in [5, 5.41) is 17.8. The second kappa shape index (κ2) is 6.82. The molecule has 1 N–H and O–H groups in total. The molecule has 1 unspecified atom stereocenters. The van der Waals surface area contributed by atoms with E-state index in [9.17, 15) is 18.0 Å². The highest BCUT2D eigenvalue weighted by molar-refractivity contribution is 5.93. The lowest BCUT2D eigenvalue weighted by Crippen LogP contribution is -2.26. The van der Waals surface area contributed by atoms with Gasteiger partial charge in [0.15, 0.2) is 5.69 Å². The van der Waals surface area contributed by atoms with Gasteiger partial charge in [0.25, 0.3) is 5.91 Å². The van der Waals surface area contributed by atoms with Gasteiger partial charge in [0.05, 0.1) is 0 Å². The van der Waals surface area contributed by atoms with Crippen LogP contribution in [0, 0.1) is 6.92 Å². The zero-order valence-electron chi connectivity index (χ0n) is 14.7. The first-order chi connectivity index (χ1) is 12.7. The minimum absolute atomic E-state index is 0.0393. The lowest BCUT2D eigenvalue weighted by molar-refractivity contribution is -0.141. The molecule has 3 aromatic rings. The Balaban J connectivity index is 1.80. The van der Waals surface area contributed by atoms with Crippen LogP contribution < -0.4 is 5.32 Å². The molecule has 0 saturated carbocycles. The SMILES string of the molecule is Cc1c(C(F)(F)F)nn(C)c1NC(=O)C(C)n1nnc(-c2ccccc2)n1. The molecule has 1 amide bonds. The van der Waals surface area contributed by atoms with Gasteiger partial charge < -0.3 is 5.32 Å². The number of hydrogen-bond acceptors (Lipinski definition) is 5. The van der Waals surface area contributed by atoms with Crippen LogP contribution in [-0.2, 0) is 18.0 Å². The van der Waals surface area contributed by atoms with E-state index in [2.05, 4.69) is 25.8 Å². The molecule has 0 aliphatic carbocycles. The predicted octanol–water partition coefficient (Wildman–Crippen LogP) is 2.60. The van der Waals surface area contributed by atoms with E-state index in [0.717, 1.165) is 15.0 Å². The number of benzene rings is 1. The van der Waals surface area contributed by atoms with E-state index < -0.39 is 23.8 Å². The van der Waals surface area contributed by atoms with E-state index in [0.29, 0.717) is 5.82 Å². The number of nitrogens with one attached hydrogen (secondary N) is 1. The summed E-state index contributed by atoms with van der Waals surface area (Å²) in [6.45, 7) is 2.76. The fourth-order valence-corrected chi connectivity index (χ4v) is 2.49. The molecule has 1 aromatic carbocycles. The highest BCUT2D eigenvalue weighted by Gasteiger charge is 2.38. The number of nitrogens with zero attached hydrogens (tertiary/aromatic N) is 6. The summed E-state index contributed by atoms with van der Waals surface area (Å²) in [5.74, 6) is -0.291. The van der Waals surface area contributed by atoms with Crippen molar-refractivity contribution in [3.63, 3.8) is 0 Å². The highest BCUT2D eigenvalue weighted by atomic mass is 19.4. The van der Waals surface area contributed by atoms with Crippen LogP contribution in [0.15, 0.2) is 30.3 Å². The number of anilines is 1. The number of carbonyl (C=O) groups excluding carboxylic acids is 1. The van der Waals surface area contributed by atoms with Gasteiger partial charge in [-0.3, -0.25) is 9.48 Å². The fourth-order valence-electron chi connectivity index (χ4n) is 2.49. The monoisotopic (exact) mass is 379 g/mol. The first-order valence-electron chi connectivity index (χ1n) is 7.95. The molecule has 27 heavy (non-hydrogen) atoms. The van der Waals surface area contributed by atoms with E-state index >= 15 is 0 Å². The van der Waals surface area contributed by atoms with Gasteiger partial charge in [-0.2, -0.15) is 23.1 Å². The maximum atomic E-state index is 12.9. The first-order valence-corrected chi connectivity index (χ1v) is 7.95. The van der Waals surface area contributed by atoms with Crippen LogP contribution in [-0.4, -0.2) is 35.9 Å². The van der Waals surface area contributed by atoms with Crippen molar-refractivity contribution in [3.05, 3.63) is 41.6 Å². The van der Waals surface area contributed by atoms with Crippen molar-refractivity contribution < 1.29 is 18.0 Å². The van der Waals surface area contributed by atoms with Gasteiger partial charge in [-0.25, -0.2) is 0 Å². The first kappa shape index (κ1) is 18.5. The molecular formula is C16H16F3N7O. The molecule has 2 aromatic heterocycles. The van der Waals surface area contributed by atoms with Crippen LogP contribution in [0.4, 0.5) is 19.0 Å². The van der Waals surface area contributed by atoms with Crippen molar-refractivity contribution in [2.24, 2.45) is 7.05 Å². The lowest BCUT2D eigenvalue weighted by Gasteiger charge is -2.11. The van der Waals surface area contributed by atoms with Gasteiger partial charge >= 0.3 is 6.18 Å². The summed E-state index contributed by atoms with van der Waals surface area (Å²) in [5.41, 5.74) is -0.478. The van der Waals surface area contributed by atoms with Crippen LogP contribution in [0.25, 0.3) is 11.4 Å². The Morgan fingerprint density at radius 3 is 2.44 bits per heavy atom. The Labute approximate surface area is 152 Å². The molecule has 0 aliphatic rings. The normalized spacial score (nSPS) is 12.8. The minimum Gasteiger partial charge on any atom is -0.309 e. The molecular weight excluding hydrogens is 363 g/mol. The van der Waals surface area contributed by atoms with Crippen LogP contribution in [0.1, 0.15) is 24.2 Å². The van der Waals surface area contributed by atoms with Crippen molar-refractivity contribution in [2.45, 2.75) is 26.1 Å². The fraction of sp³-hybridized carbons (Fsp3) is 0.312. The average Bonchev–Trinajstić information content (AvgIpc) is 3.22. The van der Waals surface area contributed by atoms with Crippen molar-refractivity contribution in [3.8, 4) is 11.4 Å². The third-order valence-electron chi connectivity index (χ3n) is 3.98. The van der Waals surface area contributed by atoms with Crippen molar-refractivity contribution >= 4 is 11.7 Å². The van der Waals surface area contributed by atoms with E-state index in [1.165, 1.54) is 20.9 Å². The molecule has 0 aliphatic heterocycles. The summed E-state index contributed by atoms with van der Waals surface area (Å²) >= 11 is 0. The average molecular weight is 379 g/mol. The standard InChI is InChI=1S/C16H16F3N7O/c1-9-12(16(17,18)19)22-25(3)14(9)20-15(27)10(2)26-23-13(21-24-26)11-7-5-4-6-8-11/h4-8,10H,1-3H3,(H,20,27). The molecule has 0 fully saturated rings. The number of rotatable bonds is 4. The zero-order valence-corrected chi connectivity index (χ0v) is 14.7. The quantitative estimate of drug-likeness (QED) is 0.753. The topological polar surface area (TPSA) is 90.5 Å². The Hall–Kier alpha value is -3.24. The number of amides is 1. The largest absolute Gasteiger partial charge is 0.435 e. The van der Waals surface area contributed by atoms with Gasteiger partial charge in [-0.1, -0.05) is 30.3 Å². The number of hydrogen-bond donors (Lipinski definition) is 1. The summed E-state index contributed by atoms with van der Waals surface area (Å²) in [6.07, 6.45) is -4.60. The molecule has 1 atom stereocenters. The van der Waals surface area contributed by atoms with Crippen LogP contribution in [0.5, 0.6) is 0 Å². The Bertz CT molecular complexity index is 962. The van der Waals surface area contributed by atoms with Crippen molar-refractivity contribution in [1.29, 1.82) is 0 Å². The van der Waals surface area contributed by atoms with Crippen LogP contribution in [0.3, 0.4) is 0 Å². The summed E-state index contributed by atoms with van der Waals surface area (Å²) in [4.78, 5) is 13.6. The molecule has 0 bridgehead atoms. The van der Waals surface area contributed by atoms with Gasteiger partial charge in [-0.15, -0.1) is 10.2 Å². The molecule has 8 nitrogen and oxygen atoms in total. The minimum atomic E-state index is -4.60. The molecule has 142 valence electrons. The molecule has 0 spiro atoms. The van der Waals surface area contributed by atoms with E-state index in [1.807, 2.05) is 18.2 Å². The van der Waals surface area contributed by atoms with Crippen molar-refractivity contribution in [1.82, 2.24) is 30.0 Å². The number of tetrazole rings is 1. The third-order valence-corrected chi connectivity index (χ3v) is 3.98. The van der Waals surface area contributed by atoms with Crippen LogP contribution >= 0.6 is 0 Å². The summed E-state index contributed by atoms with van der Waals surface area (Å²) in [6, 6.07) is 8.17. The highest BCUT2D eigenvalue weighted by Crippen LogP contribution is 2.33. The third kappa shape index (κ3) is 3.66. The van der Waals surface area contributed by atoms with Gasteiger partial charge in [0.1, 0.15) is 11.9 Å². The number of aromatic nitrogens is 6. The molecule has 11 heteroatoms. The Kier molecular flexibility index (Phi) is 4.68. The smallest absolute Gasteiger partial charge is 0.309 e. The Morgan fingerprint density at radius 2 is 1.85 bits per heavy atom. The van der Waals surface area contributed by atoms with E-state index in [4.69, 9.17) is 0 Å². The molecule has 0 radical (unpaired) electrons. The summed E-state index contributed by atoms with van der Waals surface area (Å²) in [7, 11) is 1.32. The van der Waals surface area contributed by atoms with E-state index in [-0.39, 0.29) is 11.4 Å². The maximum absolute atomic E-state index is 12.9. The second-order valence-electron chi connectivity index (χ2n) is 5.91. The lowest BCUT2D eigenvalue weighted by atomic mass is 10.2. The molecule has 2 heterocycles. The van der Waals surface area contributed by atoms with Gasteiger partial charge in [0, 0.05) is 18.2 Å². The number of halogens is 3. The Morgan fingerprint density at radius 1 is 1.19 bits per heavy atom. The maximum Gasteiger partial charge on any atom is 0.435 e. The molecule has 0 saturated heterocycles. The number of carbonyl (C=O) groups is 1.